The van der Waals surface area contributed by atoms with Crippen molar-refractivity contribution in [3.05, 3.63) is 35.9 Å². The zero-order valence-electron chi connectivity index (χ0n) is 9.82. The molecule has 0 spiro atoms. The number of ether oxygens (including phenoxy) is 1. The molecule has 0 aliphatic carbocycles. The second-order valence-corrected chi connectivity index (χ2v) is 4.85. The smallest absolute Gasteiger partial charge is 0.0535 e. The molecule has 0 radical (unpaired) electrons. The fourth-order valence-corrected chi connectivity index (χ4v) is 2.42. The van der Waals surface area contributed by atoms with Crippen molar-refractivity contribution < 1.29 is 4.74 Å². The van der Waals surface area contributed by atoms with E-state index >= 15 is 0 Å². The maximum absolute atomic E-state index is 5.87. The number of benzene rings is 1. The van der Waals surface area contributed by atoms with Crippen LogP contribution in [0.4, 0.5) is 0 Å². The van der Waals surface area contributed by atoms with Crippen LogP contribution in [0.15, 0.2) is 30.3 Å². The average molecular weight is 219 g/mol. The highest BCUT2D eigenvalue weighted by Gasteiger charge is 2.32. The molecule has 2 nitrogen and oxygen atoms in total. The Morgan fingerprint density at radius 2 is 2.06 bits per heavy atom. The van der Waals surface area contributed by atoms with Gasteiger partial charge in [0.15, 0.2) is 0 Å². The van der Waals surface area contributed by atoms with Crippen molar-refractivity contribution in [1.82, 2.24) is 0 Å². The van der Waals surface area contributed by atoms with Gasteiger partial charge in [0.05, 0.1) is 6.61 Å². The van der Waals surface area contributed by atoms with Crippen molar-refractivity contribution in [2.75, 3.05) is 19.8 Å². The van der Waals surface area contributed by atoms with Crippen molar-refractivity contribution in [2.24, 2.45) is 11.1 Å². The van der Waals surface area contributed by atoms with Gasteiger partial charge >= 0.3 is 0 Å². The van der Waals surface area contributed by atoms with E-state index in [9.17, 15) is 0 Å². The van der Waals surface area contributed by atoms with Gasteiger partial charge in [-0.2, -0.15) is 0 Å². The Labute approximate surface area is 97.8 Å². The Kier molecular flexibility index (Phi) is 3.97. The van der Waals surface area contributed by atoms with Crippen LogP contribution in [0.5, 0.6) is 0 Å². The van der Waals surface area contributed by atoms with E-state index in [0.717, 1.165) is 32.6 Å². The lowest BCUT2D eigenvalue weighted by molar-refractivity contribution is 0.148. The molecule has 2 heteroatoms. The Balaban J connectivity index is 1.79. The van der Waals surface area contributed by atoms with E-state index in [-0.39, 0.29) is 5.41 Å². The van der Waals surface area contributed by atoms with Crippen molar-refractivity contribution in [3.63, 3.8) is 0 Å². The summed E-state index contributed by atoms with van der Waals surface area (Å²) in [6.45, 7) is 2.52. The van der Waals surface area contributed by atoms with Gasteiger partial charge < -0.3 is 10.5 Å². The quantitative estimate of drug-likeness (QED) is 0.825. The maximum atomic E-state index is 5.87. The van der Waals surface area contributed by atoms with Gasteiger partial charge in [0, 0.05) is 18.6 Å². The summed E-state index contributed by atoms with van der Waals surface area (Å²) in [5, 5.41) is 0. The van der Waals surface area contributed by atoms with Gasteiger partial charge in [-0.05, 0) is 31.2 Å². The second-order valence-electron chi connectivity index (χ2n) is 4.85. The van der Waals surface area contributed by atoms with Gasteiger partial charge in [-0.15, -0.1) is 0 Å². The molecule has 1 aliphatic heterocycles. The molecule has 1 saturated heterocycles. The predicted octanol–water partition coefficient (Wildman–Crippen LogP) is 2.37. The van der Waals surface area contributed by atoms with Gasteiger partial charge in [0.2, 0.25) is 0 Å². The summed E-state index contributed by atoms with van der Waals surface area (Å²) in [5.41, 5.74) is 7.57. The summed E-state index contributed by atoms with van der Waals surface area (Å²) < 4.78 is 5.47. The molecule has 0 amide bonds. The van der Waals surface area contributed by atoms with Gasteiger partial charge in [-0.1, -0.05) is 30.3 Å². The standard InChI is InChI=1S/C14H21NO/c15-11-14(9-10-16-12-14)8-4-7-13-5-2-1-3-6-13/h1-3,5-6H,4,7-12,15H2. The minimum atomic E-state index is 0.273. The molecule has 88 valence electrons. The first-order valence-corrected chi connectivity index (χ1v) is 6.16. The van der Waals surface area contributed by atoms with Gasteiger partial charge in [-0.3, -0.25) is 0 Å². The number of aryl methyl sites for hydroxylation is 1. The normalized spacial score (nSPS) is 24.8. The van der Waals surface area contributed by atoms with E-state index < -0.39 is 0 Å². The molecule has 0 bridgehead atoms. The highest BCUT2D eigenvalue weighted by atomic mass is 16.5. The third kappa shape index (κ3) is 2.83. The zero-order valence-corrected chi connectivity index (χ0v) is 9.82. The molecule has 2 N–H and O–H groups in total. The van der Waals surface area contributed by atoms with E-state index in [2.05, 4.69) is 30.3 Å². The lowest BCUT2D eigenvalue weighted by Gasteiger charge is -2.25. The first kappa shape index (κ1) is 11.6. The molecule has 0 saturated carbocycles. The lowest BCUT2D eigenvalue weighted by Crippen LogP contribution is -2.30. The molecule has 16 heavy (non-hydrogen) atoms. The van der Waals surface area contributed by atoms with Crippen LogP contribution >= 0.6 is 0 Å². The van der Waals surface area contributed by atoms with E-state index in [1.165, 1.54) is 18.4 Å². The monoisotopic (exact) mass is 219 g/mol. The van der Waals surface area contributed by atoms with E-state index in [1.54, 1.807) is 0 Å². The maximum Gasteiger partial charge on any atom is 0.0535 e. The fourth-order valence-electron chi connectivity index (χ4n) is 2.42. The highest BCUT2D eigenvalue weighted by Crippen LogP contribution is 2.32. The molecule has 1 aromatic rings. The Bertz CT molecular complexity index is 304. The SMILES string of the molecule is NCC1(CCCc2ccccc2)CCOC1. The van der Waals surface area contributed by atoms with E-state index in [4.69, 9.17) is 10.5 Å². The minimum absolute atomic E-state index is 0.273. The van der Waals surface area contributed by atoms with Crippen LogP contribution in [0.25, 0.3) is 0 Å². The van der Waals surface area contributed by atoms with Crippen LogP contribution in [-0.2, 0) is 11.2 Å². The van der Waals surface area contributed by atoms with Crippen LogP contribution < -0.4 is 5.73 Å². The van der Waals surface area contributed by atoms with E-state index in [0.29, 0.717) is 0 Å². The molecule has 1 aromatic carbocycles. The summed E-state index contributed by atoms with van der Waals surface area (Å²) in [6.07, 6.45) is 4.70. The third-order valence-corrected chi connectivity index (χ3v) is 3.63. The van der Waals surface area contributed by atoms with Crippen LogP contribution in [-0.4, -0.2) is 19.8 Å². The van der Waals surface area contributed by atoms with Crippen LogP contribution in [0, 0.1) is 5.41 Å². The minimum Gasteiger partial charge on any atom is -0.381 e. The van der Waals surface area contributed by atoms with Crippen molar-refractivity contribution >= 4 is 0 Å². The van der Waals surface area contributed by atoms with Gasteiger partial charge in [-0.25, -0.2) is 0 Å². The first-order chi connectivity index (χ1) is 7.85. The predicted molar refractivity (Wildman–Crippen MR) is 66.3 cm³/mol. The Morgan fingerprint density at radius 1 is 1.25 bits per heavy atom. The lowest BCUT2D eigenvalue weighted by atomic mass is 9.82. The molecule has 1 unspecified atom stereocenters. The van der Waals surface area contributed by atoms with Crippen LogP contribution in [0.1, 0.15) is 24.8 Å². The number of hydrogen-bond donors (Lipinski definition) is 1. The third-order valence-electron chi connectivity index (χ3n) is 3.63. The molecule has 0 aromatic heterocycles. The zero-order chi connectivity index (χ0) is 11.3. The highest BCUT2D eigenvalue weighted by molar-refractivity contribution is 5.14. The molecule has 1 fully saturated rings. The van der Waals surface area contributed by atoms with Crippen LogP contribution in [0.2, 0.25) is 0 Å². The number of nitrogens with two attached hydrogens (primary N) is 1. The summed E-state index contributed by atoms with van der Waals surface area (Å²) in [7, 11) is 0. The van der Waals surface area contributed by atoms with E-state index in [1.807, 2.05) is 0 Å². The molecule has 2 rings (SSSR count). The second kappa shape index (κ2) is 5.46. The Morgan fingerprint density at radius 3 is 2.69 bits per heavy atom. The van der Waals surface area contributed by atoms with Gasteiger partial charge in [0.1, 0.15) is 0 Å². The largest absolute Gasteiger partial charge is 0.381 e. The van der Waals surface area contributed by atoms with Gasteiger partial charge in [0.25, 0.3) is 0 Å². The summed E-state index contributed by atoms with van der Waals surface area (Å²) in [5.74, 6) is 0. The van der Waals surface area contributed by atoms with Crippen molar-refractivity contribution in [1.29, 1.82) is 0 Å². The first-order valence-electron chi connectivity index (χ1n) is 6.16. The molecule has 1 heterocycles. The summed E-state index contributed by atoms with van der Waals surface area (Å²) in [4.78, 5) is 0. The molecular weight excluding hydrogens is 198 g/mol. The molecule has 1 aliphatic rings. The number of rotatable bonds is 5. The topological polar surface area (TPSA) is 35.2 Å². The fraction of sp³-hybridized carbons (Fsp3) is 0.571. The van der Waals surface area contributed by atoms with Crippen molar-refractivity contribution in [2.45, 2.75) is 25.7 Å². The van der Waals surface area contributed by atoms with Crippen molar-refractivity contribution in [3.8, 4) is 0 Å². The molecule has 1 atom stereocenters. The molecular formula is C14H21NO. The summed E-state index contributed by atoms with van der Waals surface area (Å²) in [6, 6.07) is 10.7. The Hall–Kier alpha value is -0.860. The summed E-state index contributed by atoms with van der Waals surface area (Å²) >= 11 is 0. The average Bonchev–Trinajstić information content (AvgIpc) is 2.80. The number of hydrogen-bond acceptors (Lipinski definition) is 2. The van der Waals surface area contributed by atoms with Crippen LogP contribution in [0.3, 0.4) is 0 Å².